The summed E-state index contributed by atoms with van der Waals surface area (Å²) in [4.78, 5) is 0. The summed E-state index contributed by atoms with van der Waals surface area (Å²) in [5, 5.41) is 20.9. The largest absolute Gasteiger partial charge is 0.389 e. The Morgan fingerprint density at radius 1 is 0.885 bits per heavy atom. The van der Waals surface area contributed by atoms with Crippen LogP contribution in [0.2, 0.25) is 0 Å². The Morgan fingerprint density at radius 2 is 1.50 bits per heavy atom. The van der Waals surface area contributed by atoms with E-state index in [0.717, 1.165) is 30.8 Å². The summed E-state index contributed by atoms with van der Waals surface area (Å²) in [5.41, 5.74) is 2.57. The van der Waals surface area contributed by atoms with Gasteiger partial charge in [0.25, 0.3) is 0 Å². The molecular formula is C20H17Br2N3O. The fraction of sp³-hybridized carbons (Fsp3) is 0.150. The molecule has 4 rings (SSSR count). The van der Waals surface area contributed by atoms with Gasteiger partial charge in [-0.05, 0) is 48.5 Å². The van der Waals surface area contributed by atoms with Gasteiger partial charge >= 0.3 is 0 Å². The maximum Gasteiger partial charge on any atom is 0.124 e. The lowest BCUT2D eigenvalue weighted by Gasteiger charge is -2.16. The second kappa shape index (κ2) is 7.02. The van der Waals surface area contributed by atoms with Gasteiger partial charge in [-0.3, -0.25) is 5.41 Å². The molecule has 0 bridgehead atoms. The first-order valence-electron chi connectivity index (χ1n) is 8.28. The summed E-state index contributed by atoms with van der Waals surface area (Å²) >= 11 is 7.11. The van der Waals surface area contributed by atoms with Crippen LogP contribution in [0.3, 0.4) is 0 Å². The third-order valence-corrected chi connectivity index (χ3v) is 5.52. The Bertz CT molecular complexity index is 1100. The van der Waals surface area contributed by atoms with Crippen LogP contribution in [0.1, 0.15) is 0 Å². The second-order valence-corrected chi connectivity index (χ2v) is 8.16. The van der Waals surface area contributed by atoms with Gasteiger partial charge in [-0.1, -0.05) is 37.9 Å². The Labute approximate surface area is 167 Å². The van der Waals surface area contributed by atoms with Crippen LogP contribution in [-0.2, 0) is 13.1 Å². The average molecular weight is 475 g/mol. The van der Waals surface area contributed by atoms with Gasteiger partial charge in [0.1, 0.15) is 5.49 Å². The molecule has 0 saturated heterocycles. The number of aliphatic hydroxyl groups is 1. The van der Waals surface area contributed by atoms with Gasteiger partial charge in [0.2, 0.25) is 0 Å². The van der Waals surface area contributed by atoms with Gasteiger partial charge < -0.3 is 14.2 Å². The standard InChI is InChI=1S/C20H17Br2N3O/c21-13-4-6-18-16(9-13)17-10-14(22)5-7-19(17)25(18)12-15(26)11-24-8-2-1-3-20(24)23/h1-10,15,23,26H,11-12H2. The number of pyridine rings is 1. The molecule has 0 spiro atoms. The zero-order valence-electron chi connectivity index (χ0n) is 13.9. The van der Waals surface area contributed by atoms with Crippen LogP contribution in [0.25, 0.3) is 21.8 Å². The van der Waals surface area contributed by atoms with E-state index in [-0.39, 0.29) is 0 Å². The number of benzene rings is 2. The van der Waals surface area contributed by atoms with E-state index in [1.165, 1.54) is 0 Å². The SMILES string of the molecule is N=c1ccccn1CC(O)Cn1c2ccc(Br)cc2c2cc(Br)ccc21. The molecule has 0 fully saturated rings. The molecule has 2 N–H and O–H groups in total. The smallest absolute Gasteiger partial charge is 0.124 e. The molecule has 0 aliphatic carbocycles. The Kier molecular flexibility index (Phi) is 4.73. The lowest BCUT2D eigenvalue weighted by molar-refractivity contribution is 0.135. The fourth-order valence-electron chi connectivity index (χ4n) is 3.38. The van der Waals surface area contributed by atoms with Gasteiger partial charge in [0, 0.05) is 36.9 Å². The van der Waals surface area contributed by atoms with Gasteiger partial charge in [0.05, 0.1) is 19.2 Å². The van der Waals surface area contributed by atoms with Gasteiger partial charge in [-0.2, -0.15) is 0 Å². The quantitative estimate of drug-likeness (QED) is 0.444. The number of nitrogens with one attached hydrogen (secondary N) is 1. The minimum atomic E-state index is -0.599. The minimum absolute atomic E-state index is 0.383. The van der Waals surface area contributed by atoms with E-state index in [0.29, 0.717) is 18.6 Å². The van der Waals surface area contributed by atoms with E-state index < -0.39 is 6.10 Å². The molecule has 0 amide bonds. The normalized spacial score (nSPS) is 12.7. The highest BCUT2D eigenvalue weighted by atomic mass is 79.9. The minimum Gasteiger partial charge on any atom is -0.389 e. The zero-order chi connectivity index (χ0) is 18.3. The molecule has 2 aromatic carbocycles. The monoisotopic (exact) mass is 473 g/mol. The first-order chi connectivity index (χ1) is 12.5. The summed E-state index contributed by atoms with van der Waals surface area (Å²) in [6.45, 7) is 0.846. The van der Waals surface area contributed by atoms with Gasteiger partial charge in [-0.15, -0.1) is 0 Å². The van der Waals surface area contributed by atoms with Gasteiger partial charge in [-0.25, -0.2) is 0 Å². The highest BCUT2D eigenvalue weighted by Crippen LogP contribution is 2.33. The van der Waals surface area contributed by atoms with Crippen molar-refractivity contribution in [1.82, 2.24) is 9.13 Å². The Balaban J connectivity index is 1.77. The molecule has 0 saturated carbocycles. The molecule has 2 heterocycles. The number of fused-ring (bicyclic) bond motifs is 3. The van der Waals surface area contributed by atoms with Gasteiger partial charge in [0.15, 0.2) is 0 Å². The number of hydrogen-bond donors (Lipinski definition) is 2. The van der Waals surface area contributed by atoms with Crippen molar-refractivity contribution in [3.8, 4) is 0 Å². The lowest BCUT2D eigenvalue weighted by Crippen LogP contribution is -2.28. The molecule has 2 aromatic heterocycles. The molecule has 1 unspecified atom stereocenters. The van der Waals surface area contributed by atoms with Crippen molar-refractivity contribution in [2.24, 2.45) is 0 Å². The number of halogens is 2. The van der Waals surface area contributed by atoms with Crippen LogP contribution >= 0.6 is 31.9 Å². The number of rotatable bonds is 4. The number of aromatic nitrogens is 2. The van der Waals surface area contributed by atoms with E-state index in [1.54, 1.807) is 10.6 Å². The van der Waals surface area contributed by atoms with Crippen molar-refractivity contribution >= 4 is 53.7 Å². The molecule has 1 atom stereocenters. The predicted molar refractivity (Wildman–Crippen MR) is 111 cm³/mol. The van der Waals surface area contributed by atoms with Crippen LogP contribution in [-0.4, -0.2) is 20.3 Å². The third kappa shape index (κ3) is 3.24. The zero-order valence-corrected chi connectivity index (χ0v) is 17.0. The lowest BCUT2D eigenvalue weighted by atomic mass is 10.2. The topological polar surface area (TPSA) is 53.9 Å². The summed E-state index contributed by atoms with van der Waals surface area (Å²) in [6.07, 6.45) is 1.23. The molecule has 0 aliphatic heterocycles. The van der Waals surface area contributed by atoms with Crippen LogP contribution in [0, 0.1) is 5.41 Å². The molecule has 0 aliphatic rings. The summed E-state index contributed by atoms with van der Waals surface area (Å²) < 4.78 is 5.97. The highest BCUT2D eigenvalue weighted by molar-refractivity contribution is 9.10. The average Bonchev–Trinajstić information content (AvgIpc) is 2.89. The number of nitrogens with zero attached hydrogens (tertiary/aromatic N) is 2. The van der Waals surface area contributed by atoms with Crippen LogP contribution in [0.4, 0.5) is 0 Å². The molecule has 26 heavy (non-hydrogen) atoms. The fourth-order valence-corrected chi connectivity index (χ4v) is 4.10. The maximum atomic E-state index is 10.7. The van der Waals surface area contributed by atoms with Crippen LogP contribution in [0.5, 0.6) is 0 Å². The number of aliphatic hydroxyl groups excluding tert-OH is 1. The van der Waals surface area contributed by atoms with E-state index in [1.807, 2.05) is 30.5 Å². The molecule has 4 nitrogen and oxygen atoms in total. The Morgan fingerprint density at radius 3 is 2.08 bits per heavy atom. The highest BCUT2D eigenvalue weighted by Gasteiger charge is 2.15. The predicted octanol–water partition coefficient (Wildman–Crippen LogP) is 4.66. The molecule has 4 aromatic rings. The van der Waals surface area contributed by atoms with Crippen molar-refractivity contribution in [3.05, 3.63) is 75.2 Å². The van der Waals surface area contributed by atoms with E-state index in [2.05, 4.69) is 60.7 Å². The molecular weight excluding hydrogens is 458 g/mol. The summed E-state index contributed by atoms with van der Waals surface area (Å²) in [6, 6.07) is 17.8. The van der Waals surface area contributed by atoms with Crippen molar-refractivity contribution in [2.75, 3.05) is 0 Å². The molecule has 0 radical (unpaired) electrons. The van der Waals surface area contributed by atoms with Crippen molar-refractivity contribution in [1.29, 1.82) is 5.41 Å². The van der Waals surface area contributed by atoms with Crippen LogP contribution in [0.15, 0.2) is 69.7 Å². The Hall–Kier alpha value is -1.89. The van der Waals surface area contributed by atoms with Crippen molar-refractivity contribution in [3.63, 3.8) is 0 Å². The second-order valence-electron chi connectivity index (χ2n) is 6.33. The first-order valence-corrected chi connectivity index (χ1v) is 9.86. The van der Waals surface area contributed by atoms with E-state index in [9.17, 15) is 5.11 Å². The van der Waals surface area contributed by atoms with E-state index in [4.69, 9.17) is 5.41 Å². The molecule has 132 valence electrons. The van der Waals surface area contributed by atoms with Crippen LogP contribution < -0.4 is 5.49 Å². The summed E-state index contributed by atoms with van der Waals surface area (Å²) in [7, 11) is 0. The number of hydrogen-bond acceptors (Lipinski definition) is 2. The van der Waals surface area contributed by atoms with E-state index >= 15 is 0 Å². The third-order valence-electron chi connectivity index (χ3n) is 4.53. The first kappa shape index (κ1) is 17.5. The maximum absolute atomic E-state index is 10.7. The molecule has 6 heteroatoms. The summed E-state index contributed by atoms with van der Waals surface area (Å²) in [5.74, 6) is 0. The van der Waals surface area contributed by atoms with Crippen molar-refractivity contribution < 1.29 is 5.11 Å². The van der Waals surface area contributed by atoms with Crippen molar-refractivity contribution in [2.45, 2.75) is 19.2 Å².